The zero-order valence-electron chi connectivity index (χ0n) is 8.24. The Bertz CT molecular complexity index is 314. The molecule has 0 saturated heterocycles. The predicted octanol–water partition coefficient (Wildman–Crippen LogP) is 1.40. The highest BCUT2D eigenvalue weighted by molar-refractivity contribution is 5.92. The van der Waals surface area contributed by atoms with Crippen molar-refractivity contribution in [2.45, 2.75) is 6.92 Å². The first-order chi connectivity index (χ1) is 6.77. The normalized spacial score (nSPS) is 11.1. The highest BCUT2D eigenvalue weighted by Crippen LogP contribution is 2.06. The van der Waals surface area contributed by atoms with Crippen LogP contribution < -0.4 is 5.32 Å². The van der Waals surface area contributed by atoms with Crippen LogP contribution in [0, 0.1) is 0 Å². The molecule has 0 saturated carbocycles. The standard InChI is InChI=1S/C10H13NO3/c1-3-14-10(12)9(11-2)6-8-4-5-13-7-8/h4-7,11H,3H2,1-2H3/b9-6-. The van der Waals surface area contributed by atoms with Gasteiger partial charge in [-0.2, -0.15) is 0 Å². The van der Waals surface area contributed by atoms with Crippen LogP contribution in [0.5, 0.6) is 0 Å². The first-order valence-corrected chi connectivity index (χ1v) is 4.36. The number of carbonyl (C=O) groups is 1. The van der Waals surface area contributed by atoms with E-state index in [1.54, 1.807) is 38.6 Å². The molecule has 0 aromatic carbocycles. The van der Waals surface area contributed by atoms with Gasteiger partial charge < -0.3 is 14.5 Å². The number of rotatable bonds is 4. The summed E-state index contributed by atoms with van der Waals surface area (Å²) in [7, 11) is 1.67. The van der Waals surface area contributed by atoms with Crippen molar-refractivity contribution < 1.29 is 13.9 Å². The van der Waals surface area contributed by atoms with Gasteiger partial charge in [-0.1, -0.05) is 0 Å². The molecule has 4 nitrogen and oxygen atoms in total. The molecule has 14 heavy (non-hydrogen) atoms. The lowest BCUT2D eigenvalue weighted by Gasteiger charge is -2.04. The summed E-state index contributed by atoms with van der Waals surface area (Å²) in [5.74, 6) is -0.365. The Labute approximate surface area is 82.6 Å². The number of hydrogen-bond donors (Lipinski definition) is 1. The van der Waals surface area contributed by atoms with Crippen molar-refractivity contribution in [1.29, 1.82) is 0 Å². The molecular formula is C10H13NO3. The fourth-order valence-corrected chi connectivity index (χ4v) is 0.966. The molecule has 1 rings (SSSR count). The number of likely N-dealkylation sites (N-methyl/N-ethyl adjacent to an activating group) is 1. The Balaban J connectivity index is 2.75. The molecule has 0 atom stereocenters. The van der Waals surface area contributed by atoms with Crippen LogP contribution in [0.3, 0.4) is 0 Å². The second kappa shape index (κ2) is 5.11. The number of hydrogen-bond acceptors (Lipinski definition) is 4. The zero-order valence-corrected chi connectivity index (χ0v) is 8.24. The molecular weight excluding hydrogens is 182 g/mol. The maximum Gasteiger partial charge on any atom is 0.354 e. The molecule has 0 unspecified atom stereocenters. The van der Waals surface area contributed by atoms with E-state index >= 15 is 0 Å². The van der Waals surface area contributed by atoms with E-state index in [1.165, 1.54) is 0 Å². The molecule has 1 aromatic rings. The summed E-state index contributed by atoms with van der Waals surface area (Å²) in [6, 6.07) is 1.76. The molecule has 0 spiro atoms. The largest absolute Gasteiger partial charge is 0.472 e. The first-order valence-electron chi connectivity index (χ1n) is 4.36. The Morgan fingerprint density at radius 3 is 3.00 bits per heavy atom. The van der Waals surface area contributed by atoms with Crippen LogP contribution in [-0.4, -0.2) is 19.6 Å². The second-order valence-electron chi connectivity index (χ2n) is 2.59. The summed E-state index contributed by atoms with van der Waals surface area (Å²) in [5, 5.41) is 2.77. The van der Waals surface area contributed by atoms with Crippen molar-refractivity contribution in [1.82, 2.24) is 5.32 Å². The van der Waals surface area contributed by atoms with Crippen LogP contribution in [0.25, 0.3) is 6.08 Å². The van der Waals surface area contributed by atoms with E-state index in [-0.39, 0.29) is 5.97 Å². The Kier molecular flexibility index (Phi) is 3.79. The molecule has 1 N–H and O–H groups in total. The van der Waals surface area contributed by atoms with Gasteiger partial charge in [0.05, 0.1) is 19.1 Å². The summed E-state index contributed by atoms with van der Waals surface area (Å²) in [5.41, 5.74) is 1.23. The van der Waals surface area contributed by atoms with Gasteiger partial charge in [0.1, 0.15) is 5.70 Å². The summed E-state index contributed by atoms with van der Waals surface area (Å²) in [6.45, 7) is 2.13. The van der Waals surface area contributed by atoms with E-state index in [1.807, 2.05) is 0 Å². The van der Waals surface area contributed by atoms with Crippen molar-refractivity contribution in [3.63, 3.8) is 0 Å². The van der Waals surface area contributed by atoms with Crippen LogP contribution in [0.4, 0.5) is 0 Å². The third-order valence-electron chi connectivity index (χ3n) is 1.62. The smallest absolute Gasteiger partial charge is 0.354 e. The Morgan fingerprint density at radius 2 is 2.50 bits per heavy atom. The Hall–Kier alpha value is -1.71. The van der Waals surface area contributed by atoms with Crippen molar-refractivity contribution in [3.05, 3.63) is 29.9 Å². The van der Waals surface area contributed by atoms with Crippen LogP contribution in [-0.2, 0) is 9.53 Å². The highest BCUT2D eigenvalue weighted by Gasteiger charge is 2.07. The number of nitrogens with one attached hydrogen (secondary N) is 1. The maximum atomic E-state index is 11.3. The number of furan rings is 1. The van der Waals surface area contributed by atoms with E-state index in [2.05, 4.69) is 5.32 Å². The van der Waals surface area contributed by atoms with Crippen LogP contribution in [0.2, 0.25) is 0 Å². The van der Waals surface area contributed by atoms with Crippen molar-refractivity contribution in [3.8, 4) is 0 Å². The van der Waals surface area contributed by atoms with Crippen LogP contribution >= 0.6 is 0 Å². The van der Waals surface area contributed by atoms with E-state index in [4.69, 9.17) is 9.15 Å². The molecule has 1 heterocycles. The molecule has 0 aliphatic heterocycles. The summed E-state index contributed by atoms with van der Waals surface area (Å²) < 4.78 is 9.72. The van der Waals surface area contributed by atoms with Gasteiger partial charge in [-0.3, -0.25) is 0 Å². The summed E-state index contributed by atoms with van der Waals surface area (Å²) >= 11 is 0. The zero-order chi connectivity index (χ0) is 10.4. The average Bonchev–Trinajstić information content (AvgIpc) is 2.66. The third kappa shape index (κ3) is 2.65. The molecule has 0 bridgehead atoms. The van der Waals surface area contributed by atoms with Gasteiger partial charge >= 0.3 is 5.97 Å². The van der Waals surface area contributed by atoms with Crippen molar-refractivity contribution in [2.75, 3.05) is 13.7 Å². The highest BCUT2D eigenvalue weighted by atomic mass is 16.5. The van der Waals surface area contributed by atoms with Gasteiger partial charge in [-0.15, -0.1) is 0 Å². The molecule has 0 fully saturated rings. The lowest BCUT2D eigenvalue weighted by atomic mass is 10.2. The Morgan fingerprint density at radius 1 is 1.71 bits per heavy atom. The van der Waals surface area contributed by atoms with Gasteiger partial charge in [-0.05, 0) is 19.1 Å². The van der Waals surface area contributed by atoms with Gasteiger partial charge in [0.15, 0.2) is 0 Å². The minimum atomic E-state index is -0.365. The fourth-order valence-electron chi connectivity index (χ4n) is 0.966. The second-order valence-corrected chi connectivity index (χ2v) is 2.59. The lowest BCUT2D eigenvalue weighted by molar-refractivity contribution is -0.138. The van der Waals surface area contributed by atoms with Gasteiger partial charge in [0, 0.05) is 12.6 Å². The minimum Gasteiger partial charge on any atom is -0.472 e. The SMILES string of the molecule is CCOC(=O)/C(=C/c1ccoc1)NC. The molecule has 76 valence electrons. The van der Waals surface area contributed by atoms with Gasteiger partial charge in [0.2, 0.25) is 0 Å². The van der Waals surface area contributed by atoms with E-state index in [9.17, 15) is 4.79 Å². The lowest BCUT2D eigenvalue weighted by Crippen LogP contribution is -2.18. The van der Waals surface area contributed by atoms with Crippen LogP contribution in [0.15, 0.2) is 28.7 Å². The predicted molar refractivity (Wildman–Crippen MR) is 52.4 cm³/mol. The van der Waals surface area contributed by atoms with E-state index in [0.717, 1.165) is 5.56 Å². The molecule has 0 aliphatic carbocycles. The number of ether oxygens (including phenoxy) is 1. The molecule has 0 radical (unpaired) electrons. The topological polar surface area (TPSA) is 51.5 Å². The summed E-state index contributed by atoms with van der Waals surface area (Å²) in [6.07, 6.45) is 4.77. The minimum absolute atomic E-state index is 0.364. The maximum absolute atomic E-state index is 11.3. The van der Waals surface area contributed by atoms with Crippen molar-refractivity contribution >= 4 is 12.0 Å². The molecule has 0 amide bonds. The van der Waals surface area contributed by atoms with Crippen LogP contribution in [0.1, 0.15) is 12.5 Å². The summed E-state index contributed by atoms with van der Waals surface area (Å²) in [4.78, 5) is 11.3. The van der Waals surface area contributed by atoms with E-state index in [0.29, 0.717) is 12.3 Å². The fraction of sp³-hybridized carbons (Fsp3) is 0.300. The van der Waals surface area contributed by atoms with Gasteiger partial charge in [0.25, 0.3) is 0 Å². The number of esters is 1. The quantitative estimate of drug-likeness (QED) is 0.583. The average molecular weight is 195 g/mol. The molecule has 4 heteroatoms. The van der Waals surface area contributed by atoms with Gasteiger partial charge in [-0.25, -0.2) is 4.79 Å². The monoisotopic (exact) mass is 195 g/mol. The number of carbonyl (C=O) groups excluding carboxylic acids is 1. The van der Waals surface area contributed by atoms with Crippen molar-refractivity contribution in [2.24, 2.45) is 0 Å². The first kappa shape index (κ1) is 10.4. The third-order valence-corrected chi connectivity index (χ3v) is 1.62. The molecule has 1 aromatic heterocycles. The molecule has 0 aliphatic rings. The van der Waals surface area contributed by atoms with E-state index < -0.39 is 0 Å².